The minimum atomic E-state index is -1.13. The van der Waals surface area contributed by atoms with Gasteiger partial charge in [0, 0.05) is 17.2 Å². The van der Waals surface area contributed by atoms with Gasteiger partial charge in [0.25, 0.3) is 5.91 Å². The van der Waals surface area contributed by atoms with Crippen molar-refractivity contribution in [2.45, 2.75) is 31.8 Å². The normalized spacial score (nSPS) is 21.6. The molecule has 2 amide bonds. The zero-order valence-corrected chi connectivity index (χ0v) is 16.5. The molecule has 2 aromatic rings. The number of carbonyl (C=O) groups excluding carboxylic acids is 2. The highest BCUT2D eigenvalue weighted by Gasteiger charge is 2.59. The molecule has 150 valence electrons. The molecule has 1 unspecified atom stereocenters. The van der Waals surface area contributed by atoms with Gasteiger partial charge >= 0.3 is 6.09 Å². The number of benzene rings is 2. The second-order valence-corrected chi connectivity index (χ2v) is 8.32. The van der Waals surface area contributed by atoms with E-state index in [2.05, 4.69) is 0 Å². The van der Waals surface area contributed by atoms with E-state index in [1.54, 1.807) is 45.0 Å². The van der Waals surface area contributed by atoms with Crippen LogP contribution in [0.1, 0.15) is 31.9 Å². The van der Waals surface area contributed by atoms with Crippen molar-refractivity contribution in [3.63, 3.8) is 0 Å². The highest BCUT2D eigenvalue weighted by atomic mass is 16.6. The Morgan fingerprint density at radius 1 is 1.00 bits per heavy atom. The van der Waals surface area contributed by atoms with Crippen LogP contribution in [-0.2, 0) is 14.9 Å². The second kappa shape index (κ2) is 5.89. The van der Waals surface area contributed by atoms with Crippen molar-refractivity contribution >= 4 is 17.7 Å². The molecule has 0 fully saturated rings. The Labute approximate surface area is 168 Å². The van der Waals surface area contributed by atoms with Crippen molar-refractivity contribution < 1.29 is 28.5 Å². The first kappa shape index (κ1) is 17.8. The van der Waals surface area contributed by atoms with Gasteiger partial charge in [0.15, 0.2) is 11.5 Å². The van der Waals surface area contributed by atoms with Crippen LogP contribution in [0.25, 0.3) is 0 Å². The average molecular weight is 395 g/mol. The van der Waals surface area contributed by atoms with Crippen molar-refractivity contribution in [2.75, 3.05) is 24.7 Å². The number of hydrogen-bond donors (Lipinski definition) is 0. The molecular formula is C22H21NO6. The zero-order chi connectivity index (χ0) is 20.4. The van der Waals surface area contributed by atoms with E-state index >= 15 is 0 Å². The molecule has 1 atom stereocenters. The number of imide groups is 1. The molecule has 1 spiro atoms. The lowest BCUT2D eigenvalue weighted by Crippen LogP contribution is -2.46. The first-order valence-electron chi connectivity index (χ1n) is 9.55. The van der Waals surface area contributed by atoms with Gasteiger partial charge in [0.1, 0.15) is 36.6 Å². The summed E-state index contributed by atoms with van der Waals surface area (Å²) in [7, 11) is 0. The van der Waals surface area contributed by atoms with Gasteiger partial charge in [-0.3, -0.25) is 4.79 Å². The van der Waals surface area contributed by atoms with E-state index < -0.39 is 17.1 Å². The number of anilines is 1. The van der Waals surface area contributed by atoms with E-state index in [1.165, 1.54) is 0 Å². The van der Waals surface area contributed by atoms with Crippen molar-refractivity contribution in [3.05, 3.63) is 47.5 Å². The first-order valence-corrected chi connectivity index (χ1v) is 9.55. The summed E-state index contributed by atoms with van der Waals surface area (Å²) >= 11 is 0. The van der Waals surface area contributed by atoms with Crippen LogP contribution in [0.3, 0.4) is 0 Å². The van der Waals surface area contributed by atoms with E-state index in [-0.39, 0.29) is 12.5 Å². The summed E-state index contributed by atoms with van der Waals surface area (Å²) in [5.74, 6) is 1.34. The SMILES string of the molecule is CC(C)(C)OC(=O)N1C(=O)C2(COc3cc4c(cc32)OCCO4)c2ccccc21. The van der Waals surface area contributed by atoms with E-state index in [9.17, 15) is 9.59 Å². The number of ether oxygens (including phenoxy) is 4. The predicted octanol–water partition coefficient (Wildman–Crippen LogP) is 3.42. The molecule has 3 aliphatic rings. The summed E-state index contributed by atoms with van der Waals surface area (Å²) in [4.78, 5) is 27.8. The van der Waals surface area contributed by atoms with Gasteiger partial charge in [-0.2, -0.15) is 0 Å². The highest BCUT2D eigenvalue weighted by molar-refractivity contribution is 6.23. The van der Waals surface area contributed by atoms with Gasteiger partial charge in [-0.25, -0.2) is 9.69 Å². The van der Waals surface area contributed by atoms with Crippen LogP contribution in [0.4, 0.5) is 10.5 Å². The van der Waals surface area contributed by atoms with Gasteiger partial charge in [-0.1, -0.05) is 18.2 Å². The maximum Gasteiger partial charge on any atom is 0.421 e. The summed E-state index contributed by atoms with van der Waals surface area (Å²) in [5, 5.41) is 0. The van der Waals surface area contributed by atoms with E-state index in [1.807, 2.05) is 12.1 Å². The fourth-order valence-corrected chi connectivity index (χ4v) is 4.12. The van der Waals surface area contributed by atoms with Crippen molar-refractivity contribution in [1.82, 2.24) is 0 Å². The molecule has 0 N–H and O–H groups in total. The molecule has 7 nitrogen and oxygen atoms in total. The van der Waals surface area contributed by atoms with Gasteiger partial charge in [0.2, 0.25) is 0 Å². The standard InChI is InChI=1S/C22H21NO6/c1-21(2,3)29-20(25)23-15-7-5-4-6-13(15)22(19(23)24)12-28-16-11-18-17(10-14(16)22)26-8-9-27-18/h4-7,10-11H,8-9,12H2,1-3H3. The quantitative estimate of drug-likeness (QED) is 0.681. The molecule has 0 saturated heterocycles. The Bertz CT molecular complexity index is 1040. The molecule has 0 bridgehead atoms. The number of hydrogen-bond acceptors (Lipinski definition) is 6. The highest BCUT2D eigenvalue weighted by Crippen LogP contribution is 2.54. The third-order valence-electron chi connectivity index (χ3n) is 5.30. The number of rotatable bonds is 0. The van der Waals surface area contributed by atoms with Gasteiger partial charge in [-0.15, -0.1) is 0 Å². The van der Waals surface area contributed by atoms with E-state index in [4.69, 9.17) is 18.9 Å². The molecular weight excluding hydrogens is 374 g/mol. The Kier molecular flexibility index (Phi) is 3.62. The Morgan fingerprint density at radius 3 is 2.41 bits per heavy atom. The van der Waals surface area contributed by atoms with Crippen LogP contribution < -0.4 is 19.1 Å². The predicted molar refractivity (Wildman–Crippen MR) is 104 cm³/mol. The number of nitrogens with zero attached hydrogens (tertiary/aromatic N) is 1. The maximum atomic E-state index is 13.7. The molecule has 2 aromatic carbocycles. The lowest BCUT2D eigenvalue weighted by molar-refractivity contribution is -0.121. The molecule has 7 heteroatoms. The van der Waals surface area contributed by atoms with Crippen LogP contribution in [0.2, 0.25) is 0 Å². The Balaban J connectivity index is 1.66. The summed E-state index contributed by atoms with van der Waals surface area (Å²) in [6, 6.07) is 10.8. The lowest BCUT2D eigenvalue weighted by Gasteiger charge is -2.26. The van der Waals surface area contributed by atoms with Crippen LogP contribution in [0.15, 0.2) is 36.4 Å². The third kappa shape index (κ3) is 2.50. The Hall–Kier alpha value is -3.22. The summed E-state index contributed by atoms with van der Waals surface area (Å²) in [6.07, 6.45) is -0.696. The average Bonchev–Trinajstić information content (AvgIpc) is 3.16. The van der Waals surface area contributed by atoms with Crippen LogP contribution in [0.5, 0.6) is 17.2 Å². The zero-order valence-electron chi connectivity index (χ0n) is 16.5. The second-order valence-electron chi connectivity index (χ2n) is 8.32. The number of fused-ring (bicyclic) bond motifs is 5. The molecule has 0 radical (unpaired) electrons. The van der Waals surface area contributed by atoms with Gasteiger partial charge < -0.3 is 18.9 Å². The smallest absolute Gasteiger partial charge is 0.421 e. The lowest BCUT2D eigenvalue weighted by atomic mass is 9.77. The molecule has 0 aromatic heterocycles. The summed E-state index contributed by atoms with van der Waals surface area (Å²) < 4.78 is 22.8. The molecule has 0 saturated carbocycles. The fraction of sp³-hybridized carbons (Fsp3) is 0.364. The van der Waals surface area contributed by atoms with Crippen LogP contribution in [-0.4, -0.2) is 37.4 Å². The van der Waals surface area contributed by atoms with Crippen LogP contribution in [0, 0.1) is 0 Å². The molecule has 3 heterocycles. The van der Waals surface area contributed by atoms with Crippen molar-refractivity contribution in [2.24, 2.45) is 0 Å². The first-order chi connectivity index (χ1) is 13.8. The van der Waals surface area contributed by atoms with Crippen LogP contribution >= 0.6 is 0 Å². The number of carbonyl (C=O) groups is 2. The largest absolute Gasteiger partial charge is 0.491 e. The molecule has 29 heavy (non-hydrogen) atoms. The summed E-state index contributed by atoms with van der Waals surface area (Å²) in [5.41, 5.74) is 0.0457. The number of para-hydroxylation sites is 1. The summed E-state index contributed by atoms with van der Waals surface area (Å²) in [6.45, 7) is 6.31. The Morgan fingerprint density at radius 2 is 1.69 bits per heavy atom. The van der Waals surface area contributed by atoms with Gasteiger partial charge in [-0.05, 0) is 32.9 Å². The van der Waals surface area contributed by atoms with E-state index in [0.29, 0.717) is 47.3 Å². The fourth-order valence-electron chi connectivity index (χ4n) is 4.12. The van der Waals surface area contributed by atoms with Crippen molar-refractivity contribution in [3.8, 4) is 17.2 Å². The monoisotopic (exact) mass is 395 g/mol. The topological polar surface area (TPSA) is 74.3 Å². The molecule has 0 aliphatic carbocycles. The van der Waals surface area contributed by atoms with Gasteiger partial charge in [0.05, 0.1) is 5.69 Å². The molecule has 5 rings (SSSR count). The minimum absolute atomic E-state index is 0.0976. The minimum Gasteiger partial charge on any atom is -0.491 e. The molecule has 3 aliphatic heterocycles. The third-order valence-corrected chi connectivity index (χ3v) is 5.30. The maximum absolute atomic E-state index is 13.7. The number of amides is 2. The van der Waals surface area contributed by atoms with Crippen molar-refractivity contribution in [1.29, 1.82) is 0 Å². The van der Waals surface area contributed by atoms with E-state index in [0.717, 1.165) is 4.90 Å².